The first-order chi connectivity index (χ1) is 10.2. The quantitative estimate of drug-likeness (QED) is 0.843. The number of nitrogens with zero attached hydrogens (tertiary/aromatic N) is 1. The smallest absolute Gasteiger partial charge is 0.127 e. The molecule has 0 amide bonds. The van der Waals surface area contributed by atoms with E-state index in [4.69, 9.17) is 19.5 Å². The number of benzene rings is 2. The number of ether oxygens (including phenoxy) is 3. The maximum Gasteiger partial charge on any atom is 0.127 e. The number of hydrogen-bond acceptors (Lipinski definition) is 4. The molecule has 2 aromatic carbocycles. The molecule has 0 heterocycles. The maximum atomic E-state index is 8.79. The molecule has 0 radical (unpaired) electrons. The van der Waals surface area contributed by atoms with E-state index < -0.39 is 0 Å². The molecule has 0 unspecified atom stereocenters. The van der Waals surface area contributed by atoms with Crippen LogP contribution in [-0.2, 0) is 6.42 Å². The van der Waals surface area contributed by atoms with Gasteiger partial charge in [0.15, 0.2) is 0 Å². The predicted molar refractivity (Wildman–Crippen MR) is 80.9 cm³/mol. The van der Waals surface area contributed by atoms with E-state index in [-0.39, 0.29) is 0 Å². The molecule has 0 aliphatic carbocycles. The van der Waals surface area contributed by atoms with Crippen molar-refractivity contribution < 1.29 is 14.2 Å². The van der Waals surface area contributed by atoms with Crippen LogP contribution in [0.5, 0.6) is 17.2 Å². The second-order valence-corrected chi connectivity index (χ2v) is 4.44. The molecule has 0 fully saturated rings. The molecule has 0 saturated heterocycles. The first-order valence-electron chi connectivity index (χ1n) is 6.49. The van der Waals surface area contributed by atoms with E-state index in [1.807, 2.05) is 36.4 Å². The van der Waals surface area contributed by atoms with Crippen molar-refractivity contribution in [3.8, 4) is 34.4 Å². The van der Waals surface area contributed by atoms with Crippen molar-refractivity contribution in [1.29, 1.82) is 5.26 Å². The molecule has 4 nitrogen and oxygen atoms in total. The summed E-state index contributed by atoms with van der Waals surface area (Å²) in [6, 6.07) is 13.5. The van der Waals surface area contributed by atoms with Gasteiger partial charge in [0.05, 0.1) is 33.8 Å². The average molecular weight is 283 g/mol. The van der Waals surface area contributed by atoms with Gasteiger partial charge in [0, 0.05) is 11.1 Å². The average Bonchev–Trinajstić information content (AvgIpc) is 2.54. The summed E-state index contributed by atoms with van der Waals surface area (Å²) in [5, 5.41) is 8.79. The van der Waals surface area contributed by atoms with E-state index in [2.05, 4.69) is 6.07 Å². The molecular weight excluding hydrogens is 266 g/mol. The zero-order valence-corrected chi connectivity index (χ0v) is 12.3. The van der Waals surface area contributed by atoms with Crippen LogP contribution in [0.3, 0.4) is 0 Å². The van der Waals surface area contributed by atoms with Gasteiger partial charge >= 0.3 is 0 Å². The lowest BCUT2D eigenvalue weighted by molar-refractivity contribution is 0.402. The Morgan fingerprint density at radius 3 is 2.24 bits per heavy atom. The molecule has 0 saturated carbocycles. The summed E-state index contributed by atoms with van der Waals surface area (Å²) in [5.41, 5.74) is 2.70. The maximum absolute atomic E-state index is 8.79. The van der Waals surface area contributed by atoms with E-state index in [9.17, 15) is 0 Å². The van der Waals surface area contributed by atoms with Crippen molar-refractivity contribution in [3.63, 3.8) is 0 Å². The third kappa shape index (κ3) is 3.09. The Labute approximate surface area is 124 Å². The van der Waals surface area contributed by atoms with Crippen LogP contribution in [-0.4, -0.2) is 21.3 Å². The molecule has 2 aromatic rings. The van der Waals surface area contributed by atoms with Gasteiger partial charge in [-0.2, -0.15) is 5.26 Å². The molecule has 4 heteroatoms. The molecule has 0 spiro atoms. The van der Waals surface area contributed by atoms with Gasteiger partial charge in [-0.05, 0) is 29.8 Å². The Hall–Kier alpha value is -2.67. The van der Waals surface area contributed by atoms with E-state index >= 15 is 0 Å². The van der Waals surface area contributed by atoms with Crippen molar-refractivity contribution >= 4 is 0 Å². The zero-order chi connectivity index (χ0) is 15.2. The molecule has 0 aliphatic heterocycles. The minimum atomic E-state index is 0.353. The fraction of sp³-hybridized carbons (Fsp3) is 0.235. The van der Waals surface area contributed by atoms with Gasteiger partial charge in [0.25, 0.3) is 0 Å². The predicted octanol–water partition coefficient (Wildman–Crippen LogP) is 3.45. The monoisotopic (exact) mass is 283 g/mol. The summed E-state index contributed by atoms with van der Waals surface area (Å²) < 4.78 is 16.1. The Kier molecular flexibility index (Phi) is 4.68. The lowest BCUT2D eigenvalue weighted by Crippen LogP contribution is -1.94. The van der Waals surface area contributed by atoms with Crippen molar-refractivity contribution in [1.82, 2.24) is 0 Å². The number of hydrogen-bond donors (Lipinski definition) is 0. The van der Waals surface area contributed by atoms with Crippen LogP contribution in [0.1, 0.15) is 5.56 Å². The minimum Gasteiger partial charge on any atom is -0.497 e. The lowest BCUT2D eigenvalue weighted by Gasteiger charge is -2.14. The lowest BCUT2D eigenvalue weighted by atomic mass is 10.0. The number of methoxy groups -OCH3 is 3. The Morgan fingerprint density at radius 2 is 1.62 bits per heavy atom. The number of nitriles is 1. The summed E-state index contributed by atoms with van der Waals surface area (Å²) >= 11 is 0. The molecule has 0 aliphatic rings. The standard InChI is InChI=1S/C17H17NO3/c1-19-13-5-7-16(20-2)15(11-13)14-6-4-12(8-9-18)10-17(14)21-3/h4-7,10-11H,8H2,1-3H3. The summed E-state index contributed by atoms with van der Waals surface area (Å²) in [5.74, 6) is 2.19. The SMILES string of the molecule is COc1ccc(OC)c(-c2ccc(CC#N)cc2OC)c1. The molecule has 0 bridgehead atoms. The normalized spacial score (nSPS) is 9.81. The van der Waals surface area contributed by atoms with Gasteiger partial charge in [0.1, 0.15) is 17.2 Å². The van der Waals surface area contributed by atoms with Crippen LogP contribution >= 0.6 is 0 Å². The molecule has 108 valence electrons. The molecule has 0 N–H and O–H groups in total. The highest BCUT2D eigenvalue weighted by molar-refractivity contribution is 5.77. The van der Waals surface area contributed by atoms with Crippen LogP contribution in [0.25, 0.3) is 11.1 Å². The first kappa shape index (κ1) is 14.7. The molecule has 21 heavy (non-hydrogen) atoms. The van der Waals surface area contributed by atoms with Crippen molar-refractivity contribution in [2.75, 3.05) is 21.3 Å². The van der Waals surface area contributed by atoms with Crippen molar-refractivity contribution in [2.24, 2.45) is 0 Å². The highest BCUT2D eigenvalue weighted by atomic mass is 16.5. The van der Waals surface area contributed by atoms with Crippen LogP contribution in [0.15, 0.2) is 36.4 Å². The number of rotatable bonds is 5. The Bertz CT molecular complexity index is 674. The van der Waals surface area contributed by atoms with Gasteiger partial charge in [-0.15, -0.1) is 0 Å². The van der Waals surface area contributed by atoms with E-state index in [1.54, 1.807) is 21.3 Å². The third-order valence-corrected chi connectivity index (χ3v) is 3.25. The van der Waals surface area contributed by atoms with E-state index in [0.29, 0.717) is 12.2 Å². The fourth-order valence-corrected chi connectivity index (χ4v) is 2.18. The largest absolute Gasteiger partial charge is 0.497 e. The fourth-order valence-electron chi connectivity index (χ4n) is 2.18. The van der Waals surface area contributed by atoms with Gasteiger partial charge in [0.2, 0.25) is 0 Å². The summed E-state index contributed by atoms with van der Waals surface area (Å²) in [7, 11) is 4.86. The van der Waals surface area contributed by atoms with Crippen molar-refractivity contribution in [3.05, 3.63) is 42.0 Å². The Morgan fingerprint density at radius 1 is 0.857 bits per heavy atom. The summed E-state index contributed by atoms with van der Waals surface area (Å²) in [4.78, 5) is 0. The molecule has 2 rings (SSSR count). The van der Waals surface area contributed by atoms with Crippen LogP contribution in [0.4, 0.5) is 0 Å². The van der Waals surface area contributed by atoms with Crippen LogP contribution in [0.2, 0.25) is 0 Å². The van der Waals surface area contributed by atoms with Gasteiger partial charge in [-0.25, -0.2) is 0 Å². The highest BCUT2D eigenvalue weighted by Crippen LogP contribution is 2.39. The van der Waals surface area contributed by atoms with E-state index in [1.165, 1.54) is 0 Å². The third-order valence-electron chi connectivity index (χ3n) is 3.25. The van der Waals surface area contributed by atoms with Crippen LogP contribution in [0, 0.1) is 11.3 Å². The second kappa shape index (κ2) is 6.67. The molecule has 0 aromatic heterocycles. The topological polar surface area (TPSA) is 51.5 Å². The van der Waals surface area contributed by atoms with Crippen LogP contribution < -0.4 is 14.2 Å². The Balaban J connectivity index is 2.57. The minimum absolute atomic E-state index is 0.353. The summed E-state index contributed by atoms with van der Waals surface area (Å²) in [6.45, 7) is 0. The highest BCUT2D eigenvalue weighted by Gasteiger charge is 2.13. The first-order valence-corrected chi connectivity index (χ1v) is 6.49. The molecular formula is C17H17NO3. The van der Waals surface area contributed by atoms with Gasteiger partial charge in [-0.1, -0.05) is 12.1 Å². The molecule has 0 atom stereocenters. The van der Waals surface area contributed by atoms with Gasteiger partial charge in [-0.3, -0.25) is 0 Å². The summed E-state index contributed by atoms with van der Waals surface area (Å²) in [6.07, 6.45) is 0.353. The van der Waals surface area contributed by atoms with E-state index in [0.717, 1.165) is 28.2 Å². The van der Waals surface area contributed by atoms with Gasteiger partial charge < -0.3 is 14.2 Å². The second-order valence-electron chi connectivity index (χ2n) is 4.44. The van der Waals surface area contributed by atoms with Crippen molar-refractivity contribution in [2.45, 2.75) is 6.42 Å². The zero-order valence-electron chi connectivity index (χ0n) is 12.3.